The maximum atomic E-state index is 8.61. The number of fused-ring (bicyclic) bond motifs is 1. The Morgan fingerprint density at radius 2 is 1.79 bits per heavy atom. The topological polar surface area (TPSA) is 79.0 Å². The van der Waals surface area contributed by atoms with Crippen LogP contribution in [0.15, 0.2) is 78.2 Å². The number of azide groups is 1. The molecule has 24 heavy (non-hydrogen) atoms. The van der Waals surface area contributed by atoms with Gasteiger partial charge in [-0.3, -0.25) is 0 Å². The second-order valence-electron chi connectivity index (χ2n) is 5.23. The lowest BCUT2D eigenvalue weighted by Gasteiger charge is -2.06. The minimum absolute atomic E-state index is 0.565. The molecule has 2 aromatic carbocycles. The minimum Gasteiger partial charge on any atom is -0.236 e. The zero-order valence-electron chi connectivity index (χ0n) is 12.6. The molecule has 0 unspecified atom stereocenters. The van der Waals surface area contributed by atoms with Crippen molar-refractivity contribution in [1.29, 1.82) is 0 Å². The number of nitrogens with zero attached hydrogens (tertiary/aromatic N) is 6. The van der Waals surface area contributed by atoms with E-state index >= 15 is 0 Å². The first kappa shape index (κ1) is 14.0. The lowest BCUT2D eigenvalue weighted by atomic mass is 10.1. The van der Waals surface area contributed by atoms with Crippen molar-refractivity contribution < 1.29 is 0 Å². The summed E-state index contributed by atoms with van der Waals surface area (Å²) in [7, 11) is 0. The van der Waals surface area contributed by atoms with Gasteiger partial charge in [0.05, 0.1) is 11.9 Å². The van der Waals surface area contributed by atoms with Gasteiger partial charge >= 0.3 is 0 Å². The van der Waals surface area contributed by atoms with Crippen molar-refractivity contribution in [3.8, 4) is 22.4 Å². The zero-order valence-corrected chi connectivity index (χ0v) is 12.6. The molecule has 114 valence electrons. The van der Waals surface area contributed by atoms with Crippen molar-refractivity contribution in [1.82, 2.24) is 14.6 Å². The predicted octanol–water partition coefficient (Wildman–Crippen LogP) is 5.01. The van der Waals surface area contributed by atoms with Gasteiger partial charge in [0.1, 0.15) is 0 Å². The number of aromatic nitrogens is 3. The van der Waals surface area contributed by atoms with Gasteiger partial charge in [-0.2, -0.15) is 5.10 Å². The molecule has 0 saturated heterocycles. The highest BCUT2D eigenvalue weighted by Gasteiger charge is 2.11. The van der Waals surface area contributed by atoms with E-state index in [1.807, 2.05) is 60.8 Å². The van der Waals surface area contributed by atoms with Crippen LogP contribution < -0.4 is 0 Å². The Morgan fingerprint density at radius 3 is 2.62 bits per heavy atom. The fourth-order valence-corrected chi connectivity index (χ4v) is 2.71. The molecular weight excluding hydrogens is 300 g/mol. The van der Waals surface area contributed by atoms with Gasteiger partial charge in [0, 0.05) is 27.9 Å². The number of rotatable bonds is 3. The van der Waals surface area contributed by atoms with Gasteiger partial charge in [-0.25, -0.2) is 9.50 Å². The third-order valence-corrected chi connectivity index (χ3v) is 3.79. The molecule has 0 N–H and O–H groups in total. The van der Waals surface area contributed by atoms with E-state index in [1.54, 1.807) is 16.8 Å². The predicted molar refractivity (Wildman–Crippen MR) is 92.7 cm³/mol. The highest BCUT2D eigenvalue weighted by Crippen LogP contribution is 2.28. The second kappa shape index (κ2) is 5.87. The van der Waals surface area contributed by atoms with Crippen LogP contribution in [0.1, 0.15) is 0 Å². The molecule has 0 saturated carbocycles. The molecule has 0 spiro atoms. The van der Waals surface area contributed by atoms with E-state index in [-0.39, 0.29) is 0 Å². The first-order chi connectivity index (χ1) is 11.9. The lowest BCUT2D eigenvalue weighted by Crippen LogP contribution is -1.95. The molecule has 2 heterocycles. The third-order valence-electron chi connectivity index (χ3n) is 3.79. The first-order valence-corrected chi connectivity index (χ1v) is 7.40. The summed E-state index contributed by atoms with van der Waals surface area (Å²) in [4.78, 5) is 7.32. The molecule has 0 aliphatic carbocycles. The van der Waals surface area contributed by atoms with Crippen molar-refractivity contribution in [2.45, 2.75) is 0 Å². The molecule has 0 radical (unpaired) electrons. The van der Waals surface area contributed by atoms with E-state index in [0.29, 0.717) is 5.69 Å². The van der Waals surface area contributed by atoms with Crippen LogP contribution in [-0.4, -0.2) is 14.6 Å². The average molecular weight is 312 g/mol. The molecular formula is C18H12N6. The summed E-state index contributed by atoms with van der Waals surface area (Å²) in [6.45, 7) is 0. The van der Waals surface area contributed by atoms with Crippen LogP contribution in [0.3, 0.4) is 0 Å². The van der Waals surface area contributed by atoms with Crippen molar-refractivity contribution >= 4 is 11.3 Å². The van der Waals surface area contributed by atoms with E-state index in [0.717, 1.165) is 28.0 Å². The molecule has 4 rings (SSSR count). The Hall–Kier alpha value is -3.63. The summed E-state index contributed by atoms with van der Waals surface area (Å²) in [6.07, 6.45) is 3.58. The van der Waals surface area contributed by atoms with Crippen LogP contribution >= 0.6 is 0 Å². The number of benzene rings is 2. The van der Waals surface area contributed by atoms with Crippen LogP contribution in [0, 0.1) is 0 Å². The van der Waals surface area contributed by atoms with E-state index in [9.17, 15) is 0 Å². The summed E-state index contributed by atoms with van der Waals surface area (Å²) in [6, 6.07) is 19.3. The molecule has 0 amide bonds. The smallest absolute Gasteiger partial charge is 0.163 e. The van der Waals surface area contributed by atoms with Gasteiger partial charge in [-0.1, -0.05) is 53.6 Å². The second-order valence-corrected chi connectivity index (χ2v) is 5.23. The van der Waals surface area contributed by atoms with Gasteiger partial charge < -0.3 is 0 Å². The van der Waals surface area contributed by atoms with Gasteiger partial charge in [0.25, 0.3) is 0 Å². The maximum absolute atomic E-state index is 8.61. The van der Waals surface area contributed by atoms with Crippen molar-refractivity contribution in [2.75, 3.05) is 0 Å². The van der Waals surface area contributed by atoms with Gasteiger partial charge in [-0.05, 0) is 23.2 Å². The number of hydrogen-bond donors (Lipinski definition) is 0. The first-order valence-electron chi connectivity index (χ1n) is 7.40. The van der Waals surface area contributed by atoms with E-state index in [2.05, 4.69) is 20.1 Å². The summed E-state index contributed by atoms with van der Waals surface area (Å²) >= 11 is 0. The monoisotopic (exact) mass is 312 g/mol. The quantitative estimate of drug-likeness (QED) is 0.303. The molecule has 2 aromatic heterocycles. The Morgan fingerprint density at radius 1 is 0.958 bits per heavy atom. The fourth-order valence-electron chi connectivity index (χ4n) is 2.71. The van der Waals surface area contributed by atoms with E-state index in [1.165, 1.54) is 0 Å². The maximum Gasteiger partial charge on any atom is 0.163 e. The van der Waals surface area contributed by atoms with E-state index in [4.69, 9.17) is 5.53 Å². The molecule has 0 fully saturated rings. The van der Waals surface area contributed by atoms with Crippen LogP contribution in [0.2, 0.25) is 0 Å². The summed E-state index contributed by atoms with van der Waals surface area (Å²) in [5.41, 5.74) is 13.8. The zero-order chi connectivity index (χ0) is 16.4. The summed E-state index contributed by atoms with van der Waals surface area (Å²) < 4.78 is 1.80. The Bertz CT molecular complexity index is 1060. The van der Waals surface area contributed by atoms with Gasteiger partial charge in [0.15, 0.2) is 5.65 Å². The Balaban J connectivity index is 1.91. The Labute approximate surface area is 137 Å². The molecule has 6 heteroatoms. The van der Waals surface area contributed by atoms with Crippen molar-refractivity contribution in [2.24, 2.45) is 5.11 Å². The van der Waals surface area contributed by atoms with E-state index < -0.39 is 0 Å². The molecule has 0 aliphatic rings. The van der Waals surface area contributed by atoms with Crippen LogP contribution in [0.4, 0.5) is 5.69 Å². The number of hydrogen-bond acceptors (Lipinski definition) is 3. The highest BCUT2D eigenvalue weighted by atomic mass is 15.3. The SMILES string of the molecule is [N-]=[N+]=Nc1cccc(-c2ccnc3c(-c4ccccc4)cnn23)c1. The Kier molecular flexibility index (Phi) is 3.42. The normalized spacial score (nSPS) is 10.5. The molecule has 0 aliphatic heterocycles. The minimum atomic E-state index is 0.565. The molecule has 6 nitrogen and oxygen atoms in total. The van der Waals surface area contributed by atoms with Crippen LogP contribution in [0.25, 0.3) is 38.5 Å². The summed E-state index contributed by atoms with van der Waals surface area (Å²) in [5, 5.41) is 8.16. The largest absolute Gasteiger partial charge is 0.236 e. The molecule has 0 atom stereocenters. The van der Waals surface area contributed by atoms with Gasteiger partial charge in [0.2, 0.25) is 0 Å². The molecule has 0 bridgehead atoms. The van der Waals surface area contributed by atoms with Gasteiger partial charge in [-0.15, -0.1) is 0 Å². The van der Waals surface area contributed by atoms with Crippen molar-refractivity contribution in [3.05, 3.63) is 83.5 Å². The summed E-state index contributed by atoms with van der Waals surface area (Å²) in [5.74, 6) is 0. The van der Waals surface area contributed by atoms with Crippen molar-refractivity contribution in [3.63, 3.8) is 0 Å². The third kappa shape index (κ3) is 2.37. The fraction of sp³-hybridized carbons (Fsp3) is 0. The highest BCUT2D eigenvalue weighted by molar-refractivity contribution is 5.79. The van der Waals surface area contributed by atoms with Crippen LogP contribution in [-0.2, 0) is 0 Å². The molecule has 4 aromatic rings. The van der Waals surface area contributed by atoms with Crippen LogP contribution in [0.5, 0.6) is 0 Å². The average Bonchev–Trinajstić information content (AvgIpc) is 3.07. The lowest BCUT2D eigenvalue weighted by molar-refractivity contribution is 0.948. The standard InChI is InChI=1S/C18H12N6/c19-23-22-15-8-4-7-14(11-15)17-9-10-20-18-16(12-21-24(17)18)13-5-2-1-3-6-13/h1-12H.